The standard InChI is InChI=1S/C9H18N2/c1-4-11(3)9-6-5-7-10(2)8-9/h4,9H,1,5-8H2,2-3H3. The van der Waals surface area contributed by atoms with Gasteiger partial charge in [0, 0.05) is 19.6 Å². The molecule has 0 aromatic heterocycles. The first kappa shape index (κ1) is 8.60. The molecule has 2 nitrogen and oxygen atoms in total. The average molecular weight is 154 g/mol. The molecule has 1 rings (SSSR count). The Labute approximate surface area is 69.5 Å². The summed E-state index contributed by atoms with van der Waals surface area (Å²) in [6.45, 7) is 6.20. The van der Waals surface area contributed by atoms with Gasteiger partial charge in [0.1, 0.15) is 0 Å². The summed E-state index contributed by atoms with van der Waals surface area (Å²) in [6.07, 6.45) is 4.55. The molecule has 1 aliphatic heterocycles. The Morgan fingerprint density at radius 3 is 2.91 bits per heavy atom. The molecule has 0 bridgehead atoms. The normalized spacial score (nSPS) is 26.5. The summed E-state index contributed by atoms with van der Waals surface area (Å²) in [5.41, 5.74) is 0. The molecular formula is C9H18N2. The van der Waals surface area contributed by atoms with Gasteiger partial charge in [-0.2, -0.15) is 0 Å². The third-order valence-electron chi connectivity index (χ3n) is 2.46. The number of rotatable bonds is 2. The topological polar surface area (TPSA) is 6.48 Å². The minimum Gasteiger partial charge on any atom is -0.377 e. The smallest absolute Gasteiger partial charge is 0.0408 e. The fourth-order valence-corrected chi connectivity index (χ4v) is 1.62. The van der Waals surface area contributed by atoms with Crippen molar-refractivity contribution in [3.8, 4) is 0 Å². The Balaban J connectivity index is 2.38. The minimum absolute atomic E-state index is 0.686. The quantitative estimate of drug-likeness (QED) is 0.589. The Kier molecular flexibility index (Phi) is 2.94. The van der Waals surface area contributed by atoms with Gasteiger partial charge in [-0.25, -0.2) is 0 Å². The molecule has 0 aliphatic carbocycles. The van der Waals surface area contributed by atoms with Crippen molar-refractivity contribution in [1.29, 1.82) is 0 Å². The van der Waals surface area contributed by atoms with Crippen LogP contribution in [0.4, 0.5) is 0 Å². The lowest BCUT2D eigenvalue weighted by Gasteiger charge is -2.35. The highest BCUT2D eigenvalue weighted by molar-refractivity contribution is 4.82. The third kappa shape index (κ3) is 2.22. The maximum absolute atomic E-state index is 3.77. The lowest BCUT2D eigenvalue weighted by Crippen LogP contribution is -2.42. The highest BCUT2D eigenvalue weighted by atomic mass is 15.2. The van der Waals surface area contributed by atoms with E-state index in [1.165, 1.54) is 25.9 Å². The number of likely N-dealkylation sites (tertiary alicyclic amines) is 1. The van der Waals surface area contributed by atoms with Crippen LogP contribution in [-0.2, 0) is 0 Å². The van der Waals surface area contributed by atoms with Crippen LogP contribution in [-0.4, -0.2) is 43.0 Å². The Hall–Kier alpha value is -0.500. The summed E-state index contributed by atoms with van der Waals surface area (Å²) in [6, 6.07) is 0.686. The largest absolute Gasteiger partial charge is 0.377 e. The van der Waals surface area contributed by atoms with E-state index in [2.05, 4.69) is 30.5 Å². The zero-order chi connectivity index (χ0) is 8.27. The molecule has 64 valence electrons. The molecule has 1 atom stereocenters. The summed E-state index contributed by atoms with van der Waals surface area (Å²) in [4.78, 5) is 4.60. The van der Waals surface area contributed by atoms with Gasteiger partial charge in [-0.3, -0.25) is 0 Å². The lowest BCUT2D eigenvalue weighted by molar-refractivity contribution is 0.169. The van der Waals surface area contributed by atoms with Gasteiger partial charge in [-0.15, -0.1) is 0 Å². The predicted octanol–water partition coefficient (Wildman–Crippen LogP) is 1.16. The van der Waals surface area contributed by atoms with Crippen molar-refractivity contribution in [1.82, 2.24) is 9.80 Å². The molecular weight excluding hydrogens is 136 g/mol. The molecule has 1 aliphatic rings. The molecule has 0 N–H and O–H groups in total. The molecule has 0 spiro atoms. The Morgan fingerprint density at radius 2 is 2.36 bits per heavy atom. The average Bonchev–Trinajstić information content (AvgIpc) is 2.03. The molecule has 0 saturated carbocycles. The van der Waals surface area contributed by atoms with Gasteiger partial charge in [0.25, 0.3) is 0 Å². The Bertz CT molecular complexity index is 134. The molecule has 1 saturated heterocycles. The molecule has 0 aromatic rings. The molecule has 11 heavy (non-hydrogen) atoms. The van der Waals surface area contributed by atoms with Crippen LogP contribution in [0, 0.1) is 0 Å². The number of hydrogen-bond acceptors (Lipinski definition) is 2. The van der Waals surface area contributed by atoms with Gasteiger partial charge in [0.05, 0.1) is 0 Å². The van der Waals surface area contributed by atoms with E-state index in [4.69, 9.17) is 0 Å². The van der Waals surface area contributed by atoms with Crippen LogP contribution < -0.4 is 0 Å². The first-order valence-corrected chi connectivity index (χ1v) is 4.27. The predicted molar refractivity (Wildman–Crippen MR) is 48.5 cm³/mol. The van der Waals surface area contributed by atoms with Gasteiger partial charge in [-0.05, 0) is 32.6 Å². The second kappa shape index (κ2) is 3.77. The van der Waals surface area contributed by atoms with Crippen molar-refractivity contribution in [2.75, 3.05) is 27.2 Å². The minimum atomic E-state index is 0.686. The van der Waals surface area contributed by atoms with Crippen LogP contribution in [0.15, 0.2) is 12.8 Å². The highest BCUT2D eigenvalue weighted by Crippen LogP contribution is 2.12. The first-order chi connectivity index (χ1) is 5.24. The molecule has 0 amide bonds. The zero-order valence-electron chi connectivity index (χ0n) is 7.58. The van der Waals surface area contributed by atoms with Crippen LogP contribution >= 0.6 is 0 Å². The number of nitrogens with zero attached hydrogens (tertiary/aromatic N) is 2. The summed E-state index contributed by atoms with van der Waals surface area (Å²) in [5, 5.41) is 0. The third-order valence-corrected chi connectivity index (χ3v) is 2.46. The summed E-state index contributed by atoms with van der Waals surface area (Å²) < 4.78 is 0. The second-order valence-electron chi connectivity index (χ2n) is 3.41. The fourth-order valence-electron chi connectivity index (χ4n) is 1.62. The van der Waals surface area contributed by atoms with Gasteiger partial charge in [-0.1, -0.05) is 6.58 Å². The van der Waals surface area contributed by atoms with E-state index in [0.717, 1.165) is 0 Å². The maximum Gasteiger partial charge on any atom is 0.0408 e. The molecule has 1 heterocycles. The van der Waals surface area contributed by atoms with Gasteiger partial charge in [0.2, 0.25) is 0 Å². The van der Waals surface area contributed by atoms with Crippen LogP contribution in [0.3, 0.4) is 0 Å². The highest BCUT2D eigenvalue weighted by Gasteiger charge is 2.18. The van der Waals surface area contributed by atoms with Gasteiger partial charge >= 0.3 is 0 Å². The second-order valence-corrected chi connectivity index (χ2v) is 3.41. The van der Waals surface area contributed by atoms with E-state index in [-0.39, 0.29) is 0 Å². The van der Waals surface area contributed by atoms with Crippen molar-refractivity contribution in [2.45, 2.75) is 18.9 Å². The van der Waals surface area contributed by atoms with E-state index in [0.29, 0.717) is 6.04 Å². The van der Waals surface area contributed by atoms with Crippen LogP contribution in [0.2, 0.25) is 0 Å². The van der Waals surface area contributed by atoms with E-state index in [1.807, 2.05) is 6.20 Å². The van der Waals surface area contributed by atoms with E-state index < -0.39 is 0 Å². The number of piperidine rings is 1. The number of hydrogen-bond donors (Lipinski definition) is 0. The van der Waals surface area contributed by atoms with Crippen molar-refractivity contribution in [2.24, 2.45) is 0 Å². The van der Waals surface area contributed by atoms with Crippen LogP contribution in [0.1, 0.15) is 12.8 Å². The van der Waals surface area contributed by atoms with Crippen LogP contribution in [0.25, 0.3) is 0 Å². The van der Waals surface area contributed by atoms with Crippen molar-refractivity contribution >= 4 is 0 Å². The molecule has 2 heteroatoms. The van der Waals surface area contributed by atoms with E-state index in [9.17, 15) is 0 Å². The number of likely N-dealkylation sites (N-methyl/N-ethyl adjacent to an activating group) is 2. The van der Waals surface area contributed by atoms with Crippen molar-refractivity contribution < 1.29 is 0 Å². The van der Waals surface area contributed by atoms with E-state index in [1.54, 1.807) is 0 Å². The zero-order valence-corrected chi connectivity index (χ0v) is 7.58. The van der Waals surface area contributed by atoms with Gasteiger partial charge < -0.3 is 9.80 Å². The first-order valence-electron chi connectivity index (χ1n) is 4.27. The lowest BCUT2D eigenvalue weighted by atomic mass is 10.1. The van der Waals surface area contributed by atoms with Gasteiger partial charge in [0.15, 0.2) is 0 Å². The fraction of sp³-hybridized carbons (Fsp3) is 0.778. The van der Waals surface area contributed by atoms with Crippen molar-refractivity contribution in [3.63, 3.8) is 0 Å². The van der Waals surface area contributed by atoms with E-state index >= 15 is 0 Å². The molecule has 1 unspecified atom stereocenters. The monoisotopic (exact) mass is 154 g/mol. The van der Waals surface area contributed by atoms with Crippen molar-refractivity contribution in [3.05, 3.63) is 12.8 Å². The molecule has 0 radical (unpaired) electrons. The maximum atomic E-state index is 3.77. The SMILES string of the molecule is C=CN(C)C1CCCN(C)C1. The van der Waals surface area contributed by atoms with Crippen LogP contribution in [0.5, 0.6) is 0 Å². The molecule has 0 aromatic carbocycles. The summed E-state index contributed by atoms with van der Waals surface area (Å²) in [7, 11) is 4.29. The Morgan fingerprint density at radius 1 is 1.64 bits per heavy atom. The molecule has 1 fully saturated rings. The summed E-state index contributed by atoms with van der Waals surface area (Å²) in [5.74, 6) is 0. The summed E-state index contributed by atoms with van der Waals surface area (Å²) >= 11 is 0.